The molecule has 0 saturated heterocycles. The number of benzene rings is 2. The second-order valence-corrected chi connectivity index (χ2v) is 9.47. The van der Waals surface area contributed by atoms with Gasteiger partial charge in [0, 0.05) is 33.0 Å². The van der Waals surface area contributed by atoms with E-state index in [1.54, 1.807) is 13.8 Å². The molecule has 0 aromatic heterocycles. The molecule has 1 unspecified atom stereocenters. The van der Waals surface area contributed by atoms with Crippen LogP contribution in [-0.2, 0) is 22.4 Å². The van der Waals surface area contributed by atoms with Gasteiger partial charge in [-0.3, -0.25) is 0 Å². The Morgan fingerprint density at radius 1 is 0.970 bits per heavy atom. The van der Waals surface area contributed by atoms with E-state index in [0.29, 0.717) is 28.6 Å². The van der Waals surface area contributed by atoms with Crippen molar-refractivity contribution in [1.82, 2.24) is 0 Å². The molecule has 0 radical (unpaired) electrons. The van der Waals surface area contributed by atoms with Crippen molar-refractivity contribution in [2.24, 2.45) is 5.92 Å². The molecule has 0 fully saturated rings. The molecule has 0 spiro atoms. The number of fused-ring (bicyclic) bond motifs is 2. The average Bonchev–Trinajstić information content (AvgIpc) is 2.75. The highest BCUT2D eigenvalue weighted by molar-refractivity contribution is 6.01. The molecule has 0 amide bonds. The van der Waals surface area contributed by atoms with Gasteiger partial charge in [-0.1, -0.05) is 42.5 Å². The van der Waals surface area contributed by atoms with Crippen LogP contribution in [0.3, 0.4) is 0 Å². The lowest BCUT2D eigenvalue weighted by molar-refractivity contribution is -0.131. The van der Waals surface area contributed by atoms with Gasteiger partial charge in [-0.05, 0) is 78.7 Å². The van der Waals surface area contributed by atoms with Crippen LogP contribution in [0.25, 0.3) is 10.8 Å². The predicted molar refractivity (Wildman–Crippen MR) is 134 cm³/mol. The van der Waals surface area contributed by atoms with Gasteiger partial charge in [0.05, 0.1) is 0 Å². The van der Waals surface area contributed by atoms with Crippen LogP contribution in [0.2, 0.25) is 0 Å². The zero-order valence-corrected chi connectivity index (χ0v) is 20.5. The fourth-order valence-electron chi connectivity index (χ4n) is 4.31. The van der Waals surface area contributed by atoms with E-state index in [4.69, 9.17) is 9.47 Å². The van der Waals surface area contributed by atoms with E-state index in [2.05, 4.69) is 33.1 Å². The summed E-state index contributed by atoms with van der Waals surface area (Å²) in [5, 5.41) is 1.54. The topological polar surface area (TPSA) is 52.6 Å². The molecule has 174 valence electrons. The maximum Gasteiger partial charge on any atom is 0.338 e. The largest absolute Gasteiger partial charge is 0.422 e. The normalized spacial score (nSPS) is 14.9. The second-order valence-electron chi connectivity index (χ2n) is 9.47. The highest BCUT2D eigenvalue weighted by atomic mass is 16.5. The first-order valence-corrected chi connectivity index (χ1v) is 11.5. The SMILES string of the molecule is C=C(C)C(=O)Oc1c2c(c(OC(=O)C(=C)C)c3ccc(C)cc13)CC(CCC=C(C)C)CC2. The highest BCUT2D eigenvalue weighted by Gasteiger charge is 2.30. The lowest BCUT2D eigenvalue weighted by Crippen LogP contribution is -2.20. The van der Waals surface area contributed by atoms with Gasteiger partial charge in [-0.15, -0.1) is 0 Å². The highest BCUT2D eigenvalue weighted by Crippen LogP contribution is 2.46. The molecular formula is C29H34O4. The molecule has 0 aliphatic heterocycles. The monoisotopic (exact) mass is 446 g/mol. The summed E-state index contributed by atoms with van der Waals surface area (Å²) in [6, 6.07) is 5.90. The van der Waals surface area contributed by atoms with Gasteiger partial charge in [0.15, 0.2) is 0 Å². The van der Waals surface area contributed by atoms with Crippen molar-refractivity contribution < 1.29 is 19.1 Å². The number of allylic oxidation sites excluding steroid dienone is 2. The van der Waals surface area contributed by atoms with E-state index in [1.165, 1.54) is 5.57 Å². The molecule has 33 heavy (non-hydrogen) atoms. The Balaban J connectivity index is 2.19. The minimum atomic E-state index is -0.447. The Bertz CT molecular complexity index is 1160. The van der Waals surface area contributed by atoms with Gasteiger partial charge in [-0.25, -0.2) is 9.59 Å². The first kappa shape index (κ1) is 24.5. The fraction of sp³-hybridized carbons (Fsp3) is 0.379. The number of carbonyl (C=O) groups excluding carboxylic acids is 2. The van der Waals surface area contributed by atoms with Gasteiger partial charge >= 0.3 is 11.9 Å². The second kappa shape index (κ2) is 10.2. The molecule has 1 aliphatic rings. The third kappa shape index (κ3) is 5.62. The van der Waals surface area contributed by atoms with Crippen LogP contribution in [0, 0.1) is 12.8 Å². The van der Waals surface area contributed by atoms with Crippen molar-refractivity contribution in [2.45, 2.75) is 66.7 Å². The lowest BCUT2D eigenvalue weighted by Gasteiger charge is -2.29. The summed E-state index contributed by atoms with van der Waals surface area (Å²) < 4.78 is 11.8. The van der Waals surface area contributed by atoms with Crippen LogP contribution < -0.4 is 9.47 Å². The molecule has 0 N–H and O–H groups in total. The van der Waals surface area contributed by atoms with E-state index in [9.17, 15) is 9.59 Å². The standard InChI is InChI=1S/C29H34O4/c1-17(2)9-8-10-21-12-14-23-25(16-21)27(33-29(31)19(5)6)22-13-11-20(7)15-24(22)26(23)32-28(30)18(3)4/h9,11,13,15,21H,3,5,8,10,12,14,16H2,1-2,4,6-7H3. The molecule has 1 atom stereocenters. The zero-order valence-electron chi connectivity index (χ0n) is 20.5. The van der Waals surface area contributed by atoms with Crippen molar-refractivity contribution in [3.05, 3.63) is 70.8 Å². The molecule has 2 aromatic rings. The van der Waals surface area contributed by atoms with Crippen molar-refractivity contribution in [3.8, 4) is 11.5 Å². The smallest absolute Gasteiger partial charge is 0.338 e. The van der Waals surface area contributed by atoms with Gasteiger partial charge in [0.1, 0.15) is 11.5 Å². The van der Waals surface area contributed by atoms with E-state index >= 15 is 0 Å². The summed E-state index contributed by atoms with van der Waals surface area (Å²) in [5.41, 5.74) is 4.94. The minimum Gasteiger partial charge on any atom is -0.422 e. The van der Waals surface area contributed by atoms with Crippen LogP contribution in [0.4, 0.5) is 0 Å². The van der Waals surface area contributed by atoms with Crippen LogP contribution in [0.1, 0.15) is 63.6 Å². The van der Waals surface area contributed by atoms with Gasteiger partial charge in [0.25, 0.3) is 0 Å². The first-order valence-electron chi connectivity index (χ1n) is 11.5. The van der Waals surface area contributed by atoms with Crippen LogP contribution >= 0.6 is 0 Å². The third-order valence-corrected chi connectivity index (χ3v) is 6.09. The predicted octanol–water partition coefficient (Wildman–Crippen LogP) is 6.96. The zero-order chi connectivity index (χ0) is 24.3. The van der Waals surface area contributed by atoms with Crippen molar-refractivity contribution in [2.75, 3.05) is 0 Å². The Morgan fingerprint density at radius 3 is 2.15 bits per heavy atom. The van der Waals surface area contributed by atoms with Gasteiger partial charge in [-0.2, -0.15) is 0 Å². The summed E-state index contributed by atoms with van der Waals surface area (Å²) in [7, 11) is 0. The molecule has 2 aromatic carbocycles. The van der Waals surface area contributed by atoms with Crippen molar-refractivity contribution >= 4 is 22.7 Å². The molecule has 0 bridgehead atoms. The molecular weight excluding hydrogens is 412 g/mol. The number of ether oxygens (including phenoxy) is 2. The maximum atomic E-state index is 12.6. The van der Waals surface area contributed by atoms with Crippen LogP contribution in [-0.4, -0.2) is 11.9 Å². The Labute approximate surface area is 197 Å². The minimum absolute atomic E-state index is 0.345. The number of hydrogen-bond acceptors (Lipinski definition) is 4. The maximum absolute atomic E-state index is 12.6. The number of esters is 2. The average molecular weight is 447 g/mol. The Kier molecular flexibility index (Phi) is 7.57. The summed E-state index contributed by atoms with van der Waals surface area (Å²) in [5.74, 6) is 0.697. The van der Waals surface area contributed by atoms with E-state index < -0.39 is 11.9 Å². The summed E-state index contributed by atoms with van der Waals surface area (Å²) in [6.07, 6.45) is 6.87. The molecule has 4 heteroatoms. The fourth-order valence-corrected chi connectivity index (χ4v) is 4.31. The number of carbonyl (C=O) groups is 2. The van der Waals surface area contributed by atoms with Crippen LogP contribution in [0.15, 0.2) is 54.2 Å². The number of hydrogen-bond donors (Lipinski definition) is 0. The van der Waals surface area contributed by atoms with Gasteiger partial charge in [0.2, 0.25) is 0 Å². The molecule has 3 rings (SSSR count). The summed E-state index contributed by atoms with van der Waals surface area (Å²) in [6.45, 7) is 17.0. The van der Waals surface area contributed by atoms with Crippen molar-refractivity contribution in [3.63, 3.8) is 0 Å². The quantitative estimate of drug-likeness (QED) is 0.200. The molecule has 0 heterocycles. The first-order chi connectivity index (χ1) is 15.6. The molecule has 0 saturated carbocycles. The lowest BCUT2D eigenvalue weighted by atomic mass is 9.79. The van der Waals surface area contributed by atoms with E-state index in [-0.39, 0.29) is 0 Å². The number of rotatable bonds is 7. The Hall–Kier alpha value is -3.14. The summed E-state index contributed by atoms with van der Waals surface area (Å²) in [4.78, 5) is 25.1. The number of aryl methyl sites for hydroxylation is 1. The third-order valence-electron chi connectivity index (χ3n) is 6.09. The van der Waals surface area contributed by atoms with E-state index in [1.807, 2.05) is 25.1 Å². The van der Waals surface area contributed by atoms with E-state index in [0.717, 1.165) is 59.6 Å². The molecule has 1 aliphatic carbocycles. The van der Waals surface area contributed by atoms with Gasteiger partial charge < -0.3 is 9.47 Å². The van der Waals surface area contributed by atoms with Crippen LogP contribution in [0.5, 0.6) is 11.5 Å². The van der Waals surface area contributed by atoms with Crippen molar-refractivity contribution in [1.29, 1.82) is 0 Å². The Morgan fingerprint density at radius 2 is 1.58 bits per heavy atom. The summed E-state index contributed by atoms with van der Waals surface area (Å²) >= 11 is 0. The molecule has 4 nitrogen and oxygen atoms in total.